The Morgan fingerprint density at radius 1 is 1.17 bits per heavy atom. The van der Waals surface area contributed by atoms with Crippen molar-refractivity contribution < 1.29 is 34.3 Å². The van der Waals surface area contributed by atoms with Crippen LogP contribution in [0, 0.1) is 6.92 Å². The normalized spacial score (nSPS) is 9.28. The molecule has 1 rings (SSSR count). The zero-order chi connectivity index (χ0) is 11.8. The smallest absolute Gasteiger partial charge is 0.133 e. The largest absolute Gasteiger partial charge is 1.00 e. The summed E-state index contributed by atoms with van der Waals surface area (Å²) < 4.78 is 11.6. The number of benzene rings is 1. The highest BCUT2D eigenvalue weighted by molar-refractivity contribution is 9.10. The van der Waals surface area contributed by atoms with Crippen molar-refractivity contribution >= 4 is 15.9 Å². The summed E-state index contributed by atoms with van der Waals surface area (Å²) >= 11 is 3.48. The molecule has 1 aromatic rings. The van der Waals surface area contributed by atoms with Gasteiger partial charge in [0.05, 0.1) is 11.1 Å². The van der Waals surface area contributed by atoms with Crippen molar-refractivity contribution in [3.05, 3.63) is 28.2 Å². The monoisotopic (exact) mass is 357 g/mol. The van der Waals surface area contributed by atoms with Crippen molar-refractivity contribution in [3.63, 3.8) is 0 Å². The molecule has 0 aliphatic carbocycles. The van der Waals surface area contributed by atoms with Gasteiger partial charge in [0.25, 0.3) is 0 Å². The third-order valence-corrected chi connectivity index (χ3v) is 2.73. The minimum absolute atomic E-state index is 0. The van der Waals surface area contributed by atoms with E-state index in [1.165, 1.54) is 5.56 Å². The first kappa shape index (κ1) is 20.3. The number of halogens is 3. The molecule has 3 nitrogen and oxygen atoms in total. The minimum Gasteiger partial charge on any atom is -1.00 e. The van der Waals surface area contributed by atoms with Gasteiger partial charge in [0, 0.05) is 20.2 Å². The average molecular weight is 359 g/mol. The second-order valence-electron chi connectivity index (χ2n) is 3.53. The average Bonchev–Trinajstić information content (AvgIpc) is 2.26. The summed E-state index contributed by atoms with van der Waals surface area (Å²) in [5.74, 6) is 0.888. The molecule has 0 saturated carbocycles. The van der Waals surface area contributed by atoms with E-state index in [9.17, 15) is 0 Å². The van der Waals surface area contributed by atoms with E-state index in [-0.39, 0.29) is 24.8 Å². The standard InChI is InChI=1S/C12H18BrNO2.2ClH/c1-10-3-4-12(11(13)9-10)16-8-6-14-5-7-15-2;;/h3-4,9,14H,5-8H2,1-2H3;2*1H/p-2. The van der Waals surface area contributed by atoms with Crippen LogP contribution in [0.5, 0.6) is 5.75 Å². The Balaban J connectivity index is 0. The van der Waals surface area contributed by atoms with Crippen molar-refractivity contribution in [1.29, 1.82) is 0 Å². The molecule has 0 unspecified atom stereocenters. The summed E-state index contributed by atoms with van der Waals surface area (Å²) in [5, 5.41) is 3.22. The SMILES string of the molecule is COCCNCCOc1ccc(C)cc1Br.[Cl-].[Cl-]. The molecule has 0 amide bonds. The van der Waals surface area contributed by atoms with E-state index in [0.717, 1.165) is 29.9 Å². The minimum atomic E-state index is 0. The highest BCUT2D eigenvalue weighted by Gasteiger charge is 2.00. The molecule has 1 N–H and O–H groups in total. The molecule has 0 aliphatic heterocycles. The van der Waals surface area contributed by atoms with Gasteiger partial charge in [-0.3, -0.25) is 0 Å². The molecule has 0 aromatic heterocycles. The second kappa shape index (κ2) is 12.1. The zero-order valence-electron chi connectivity index (χ0n) is 10.5. The van der Waals surface area contributed by atoms with Crippen LogP contribution in [0.1, 0.15) is 5.56 Å². The van der Waals surface area contributed by atoms with E-state index < -0.39 is 0 Å². The molecule has 106 valence electrons. The highest BCUT2D eigenvalue weighted by Crippen LogP contribution is 2.25. The predicted octanol–water partition coefficient (Wildman–Crippen LogP) is -3.62. The maximum absolute atomic E-state index is 5.62. The third-order valence-electron chi connectivity index (χ3n) is 2.11. The van der Waals surface area contributed by atoms with E-state index in [4.69, 9.17) is 9.47 Å². The molecule has 1 aromatic carbocycles. The van der Waals surface area contributed by atoms with Crippen LogP contribution in [-0.4, -0.2) is 33.4 Å². The summed E-state index contributed by atoms with van der Waals surface area (Å²) in [6.45, 7) is 5.12. The number of methoxy groups -OCH3 is 1. The topological polar surface area (TPSA) is 30.5 Å². The number of nitrogens with one attached hydrogen (secondary N) is 1. The molecule has 0 aliphatic rings. The van der Waals surface area contributed by atoms with E-state index in [1.54, 1.807) is 7.11 Å². The molecule has 0 atom stereocenters. The fourth-order valence-corrected chi connectivity index (χ4v) is 1.86. The fraction of sp³-hybridized carbons (Fsp3) is 0.500. The molecule has 6 heteroatoms. The van der Waals surface area contributed by atoms with Gasteiger partial charge in [0.1, 0.15) is 12.4 Å². The van der Waals surface area contributed by atoms with Gasteiger partial charge in [-0.25, -0.2) is 0 Å². The van der Waals surface area contributed by atoms with Crippen molar-refractivity contribution in [2.75, 3.05) is 33.4 Å². The van der Waals surface area contributed by atoms with Crippen LogP contribution < -0.4 is 34.9 Å². The van der Waals surface area contributed by atoms with Crippen molar-refractivity contribution in [2.45, 2.75) is 6.92 Å². The quantitative estimate of drug-likeness (QED) is 0.510. The van der Waals surface area contributed by atoms with E-state index in [2.05, 4.69) is 28.2 Å². The Labute approximate surface area is 130 Å². The number of ether oxygens (including phenoxy) is 2. The molecule has 0 bridgehead atoms. The summed E-state index contributed by atoms with van der Waals surface area (Å²) in [6, 6.07) is 6.07. The van der Waals surface area contributed by atoms with Crippen molar-refractivity contribution in [3.8, 4) is 5.75 Å². The Morgan fingerprint density at radius 3 is 2.44 bits per heavy atom. The Bertz CT molecular complexity index is 327. The first-order valence-electron chi connectivity index (χ1n) is 5.32. The van der Waals surface area contributed by atoms with Gasteiger partial charge in [0.2, 0.25) is 0 Å². The van der Waals surface area contributed by atoms with Crippen LogP contribution >= 0.6 is 15.9 Å². The highest BCUT2D eigenvalue weighted by atomic mass is 79.9. The maximum atomic E-state index is 5.62. The lowest BCUT2D eigenvalue weighted by atomic mass is 10.2. The Kier molecular flexibility index (Phi) is 13.6. The summed E-state index contributed by atoms with van der Waals surface area (Å²) in [5.41, 5.74) is 1.22. The lowest BCUT2D eigenvalue weighted by molar-refractivity contribution is -0.00100. The lowest BCUT2D eigenvalue weighted by Crippen LogP contribution is -3.00. The molecule has 0 fully saturated rings. The first-order chi connectivity index (χ1) is 7.74. The van der Waals surface area contributed by atoms with Gasteiger partial charge >= 0.3 is 0 Å². The van der Waals surface area contributed by atoms with Crippen LogP contribution in [0.25, 0.3) is 0 Å². The molecule has 0 radical (unpaired) electrons. The van der Waals surface area contributed by atoms with Crippen molar-refractivity contribution in [2.24, 2.45) is 0 Å². The first-order valence-corrected chi connectivity index (χ1v) is 6.12. The number of hydrogen-bond acceptors (Lipinski definition) is 3. The lowest BCUT2D eigenvalue weighted by Gasteiger charge is -2.09. The van der Waals surface area contributed by atoms with Gasteiger partial charge in [0.15, 0.2) is 0 Å². The van der Waals surface area contributed by atoms with Crippen LogP contribution in [0.3, 0.4) is 0 Å². The molecular weight excluding hydrogens is 341 g/mol. The van der Waals surface area contributed by atoms with Gasteiger partial charge < -0.3 is 39.6 Å². The van der Waals surface area contributed by atoms with Crippen LogP contribution in [0.15, 0.2) is 22.7 Å². The second-order valence-corrected chi connectivity index (χ2v) is 4.38. The Hall–Kier alpha value is -0.000000000000000111. The van der Waals surface area contributed by atoms with Gasteiger partial charge in [-0.2, -0.15) is 0 Å². The molecular formula is C12H18BrCl2NO2-2. The van der Waals surface area contributed by atoms with E-state index in [1.807, 2.05) is 18.2 Å². The number of aryl methyl sites for hydroxylation is 1. The van der Waals surface area contributed by atoms with Crippen LogP contribution in [0.4, 0.5) is 0 Å². The van der Waals surface area contributed by atoms with E-state index in [0.29, 0.717) is 6.61 Å². The zero-order valence-corrected chi connectivity index (χ0v) is 13.6. The maximum Gasteiger partial charge on any atom is 0.133 e. The van der Waals surface area contributed by atoms with Crippen molar-refractivity contribution in [1.82, 2.24) is 5.32 Å². The van der Waals surface area contributed by atoms with Crippen LogP contribution in [-0.2, 0) is 4.74 Å². The summed E-state index contributed by atoms with van der Waals surface area (Å²) in [7, 11) is 1.70. The Morgan fingerprint density at radius 2 is 1.83 bits per heavy atom. The molecule has 0 saturated heterocycles. The van der Waals surface area contributed by atoms with Crippen LogP contribution in [0.2, 0.25) is 0 Å². The summed E-state index contributed by atoms with van der Waals surface area (Å²) in [4.78, 5) is 0. The van der Waals surface area contributed by atoms with Gasteiger partial charge in [-0.15, -0.1) is 0 Å². The number of rotatable bonds is 7. The number of hydrogen-bond donors (Lipinski definition) is 1. The van der Waals surface area contributed by atoms with Gasteiger partial charge in [-0.05, 0) is 40.5 Å². The van der Waals surface area contributed by atoms with Gasteiger partial charge in [-0.1, -0.05) is 6.07 Å². The molecule has 18 heavy (non-hydrogen) atoms. The third kappa shape index (κ3) is 8.16. The molecule has 0 heterocycles. The molecule has 0 spiro atoms. The predicted molar refractivity (Wildman–Crippen MR) is 69.1 cm³/mol. The summed E-state index contributed by atoms with van der Waals surface area (Å²) in [6.07, 6.45) is 0. The van der Waals surface area contributed by atoms with E-state index >= 15 is 0 Å². The fourth-order valence-electron chi connectivity index (χ4n) is 1.26.